The quantitative estimate of drug-likeness (QED) is 0.583. The number of benzene rings is 3. The molecule has 0 saturated carbocycles. The molecule has 3 aromatic carbocycles. The summed E-state index contributed by atoms with van der Waals surface area (Å²) >= 11 is 13.7. The van der Waals surface area contributed by atoms with E-state index in [2.05, 4.69) is 11.4 Å². The molecular formula is C18H11Cl2NOS. The van der Waals surface area contributed by atoms with Crippen molar-refractivity contribution < 1.29 is 4.79 Å². The van der Waals surface area contributed by atoms with Crippen molar-refractivity contribution >= 4 is 57.3 Å². The van der Waals surface area contributed by atoms with Crippen molar-refractivity contribution in [1.29, 1.82) is 0 Å². The third-order valence-corrected chi connectivity index (χ3v) is 5.73. The van der Waals surface area contributed by atoms with Gasteiger partial charge in [0.15, 0.2) is 0 Å². The molecule has 1 N–H and O–H groups in total. The minimum absolute atomic E-state index is 0.0666. The van der Waals surface area contributed by atoms with E-state index in [1.165, 1.54) is 11.8 Å². The predicted molar refractivity (Wildman–Crippen MR) is 97.6 cm³/mol. The van der Waals surface area contributed by atoms with Crippen LogP contribution >= 0.6 is 35.0 Å². The molecule has 23 heavy (non-hydrogen) atoms. The van der Waals surface area contributed by atoms with Crippen LogP contribution in [0.1, 0.15) is 10.8 Å². The molecule has 1 atom stereocenters. The zero-order chi connectivity index (χ0) is 16.0. The molecule has 0 bridgehead atoms. The number of halogens is 2. The summed E-state index contributed by atoms with van der Waals surface area (Å²) in [5.41, 5.74) is 1.65. The van der Waals surface area contributed by atoms with Crippen molar-refractivity contribution in [1.82, 2.24) is 0 Å². The van der Waals surface area contributed by atoms with Gasteiger partial charge in [-0.25, -0.2) is 0 Å². The summed E-state index contributed by atoms with van der Waals surface area (Å²) in [6.45, 7) is 0. The van der Waals surface area contributed by atoms with Gasteiger partial charge in [0.25, 0.3) is 0 Å². The number of carbonyl (C=O) groups excluding carboxylic acids is 1. The number of thioether (sulfide) groups is 1. The maximum Gasteiger partial charge on any atom is 0.242 e. The summed E-state index contributed by atoms with van der Waals surface area (Å²) < 4.78 is 0. The van der Waals surface area contributed by atoms with Crippen molar-refractivity contribution in [3.8, 4) is 0 Å². The highest BCUT2D eigenvalue weighted by Gasteiger charge is 2.30. The largest absolute Gasteiger partial charge is 0.323 e. The first-order valence-corrected chi connectivity index (χ1v) is 8.71. The smallest absolute Gasteiger partial charge is 0.242 e. The molecule has 0 aromatic heterocycles. The van der Waals surface area contributed by atoms with E-state index >= 15 is 0 Å². The Labute approximate surface area is 147 Å². The average molecular weight is 360 g/mol. The summed E-state index contributed by atoms with van der Waals surface area (Å²) in [7, 11) is 0. The van der Waals surface area contributed by atoms with E-state index in [0.717, 1.165) is 26.9 Å². The van der Waals surface area contributed by atoms with E-state index in [4.69, 9.17) is 23.2 Å². The van der Waals surface area contributed by atoms with E-state index in [-0.39, 0.29) is 11.2 Å². The lowest BCUT2D eigenvalue weighted by atomic mass is 10.1. The maximum atomic E-state index is 12.6. The summed E-state index contributed by atoms with van der Waals surface area (Å²) in [6, 6.07) is 17.4. The van der Waals surface area contributed by atoms with Crippen molar-refractivity contribution in [3.05, 3.63) is 70.2 Å². The zero-order valence-corrected chi connectivity index (χ0v) is 14.2. The molecule has 4 rings (SSSR count). The average Bonchev–Trinajstić information content (AvgIpc) is 2.55. The number of hydrogen-bond acceptors (Lipinski definition) is 2. The number of fused-ring (bicyclic) bond motifs is 3. The number of carbonyl (C=O) groups is 1. The lowest BCUT2D eigenvalue weighted by Gasteiger charge is -2.26. The standard InChI is InChI=1S/C18H11Cl2NOS/c19-11-6-7-13(14(20)9-11)17-18(22)21-16-12-4-2-1-3-10(12)5-8-15(16)23-17/h1-9,17H,(H,21,22). The van der Waals surface area contributed by atoms with Gasteiger partial charge in [0.1, 0.15) is 5.25 Å². The topological polar surface area (TPSA) is 29.1 Å². The van der Waals surface area contributed by atoms with Crippen molar-refractivity contribution in [2.75, 3.05) is 5.32 Å². The SMILES string of the molecule is O=C1Nc2c(ccc3ccccc23)SC1c1ccc(Cl)cc1Cl. The molecular weight excluding hydrogens is 349 g/mol. The van der Waals surface area contributed by atoms with E-state index in [0.29, 0.717) is 10.0 Å². The number of rotatable bonds is 1. The molecule has 0 saturated heterocycles. The van der Waals surface area contributed by atoms with Crippen LogP contribution < -0.4 is 5.32 Å². The fourth-order valence-electron chi connectivity index (χ4n) is 2.77. The van der Waals surface area contributed by atoms with Gasteiger partial charge in [-0.15, -0.1) is 11.8 Å². The van der Waals surface area contributed by atoms with Crippen molar-refractivity contribution in [2.24, 2.45) is 0 Å². The highest BCUT2D eigenvalue weighted by atomic mass is 35.5. The van der Waals surface area contributed by atoms with Gasteiger partial charge in [-0.2, -0.15) is 0 Å². The van der Waals surface area contributed by atoms with E-state index in [1.54, 1.807) is 12.1 Å². The minimum atomic E-state index is -0.381. The second-order valence-electron chi connectivity index (χ2n) is 5.31. The van der Waals surface area contributed by atoms with Crippen LogP contribution in [0.2, 0.25) is 10.0 Å². The Kier molecular flexibility index (Phi) is 3.72. The summed E-state index contributed by atoms with van der Waals surface area (Å²) in [4.78, 5) is 13.7. The fourth-order valence-corrected chi connectivity index (χ4v) is 4.53. The minimum Gasteiger partial charge on any atom is -0.323 e. The third-order valence-electron chi connectivity index (χ3n) is 3.87. The van der Waals surface area contributed by atoms with Gasteiger partial charge in [-0.05, 0) is 29.1 Å². The van der Waals surface area contributed by atoms with Crippen LogP contribution in [0.3, 0.4) is 0 Å². The predicted octanol–water partition coefficient (Wildman–Crippen LogP) is 5.93. The van der Waals surface area contributed by atoms with Crippen LogP contribution in [0, 0.1) is 0 Å². The number of hydrogen-bond donors (Lipinski definition) is 1. The molecule has 0 aliphatic carbocycles. The molecule has 1 heterocycles. The first-order valence-electron chi connectivity index (χ1n) is 7.08. The Morgan fingerprint density at radius 3 is 2.65 bits per heavy atom. The summed E-state index contributed by atoms with van der Waals surface area (Å²) in [5.74, 6) is -0.0666. The zero-order valence-electron chi connectivity index (χ0n) is 11.8. The maximum absolute atomic E-state index is 12.6. The Balaban J connectivity index is 1.81. The first-order chi connectivity index (χ1) is 11.1. The molecule has 3 aromatic rings. The van der Waals surface area contributed by atoms with Crippen LogP contribution in [0.5, 0.6) is 0 Å². The molecule has 1 amide bonds. The highest BCUT2D eigenvalue weighted by Crippen LogP contribution is 2.47. The van der Waals surface area contributed by atoms with E-state index in [1.807, 2.05) is 36.4 Å². The monoisotopic (exact) mass is 359 g/mol. The van der Waals surface area contributed by atoms with E-state index in [9.17, 15) is 4.79 Å². The van der Waals surface area contributed by atoms with Crippen LogP contribution in [0.25, 0.3) is 10.8 Å². The van der Waals surface area contributed by atoms with Crippen LogP contribution in [-0.2, 0) is 4.79 Å². The van der Waals surface area contributed by atoms with Gasteiger partial charge in [-0.3, -0.25) is 4.79 Å². The second-order valence-corrected chi connectivity index (χ2v) is 7.30. The second kappa shape index (κ2) is 5.75. The van der Waals surface area contributed by atoms with Crippen LogP contribution in [-0.4, -0.2) is 5.91 Å². The lowest BCUT2D eigenvalue weighted by Crippen LogP contribution is -2.23. The molecule has 1 aliphatic rings. The third kappa shape index (κ3) is 2.59. The molecule has 114 valence electrons. The van der Waals surface area contributed by atoms with Gasteiger partial charge in [-0.1, -0.05) is 59.6 Å². The van der Waals surface area contributed by atoms with Gasteiger partial charge in [0, 0.05) is 20.3 Å². The lowest BCUT2D eigenvalue weighted by molar-refractivity contribution is -0.115. The summed E-state index contributed by atoms with van der Waals surface area (Å²) in [6.07, 6.45) is 0. The van der Waals surface area contributed by atoms with E-state index < -0.39 is 0 Å². The van der Waals surface area contributed by atoms with Crippen LogP contribution in [0.15, 0.2) is 59.5 Å². The number of amides is 1. The first kappa shape index (κ1) is 14.9. The Hall–Kier alpha value is -1.68. The molecule has 0 fully saturated rings. The molecule has 0 spiro atoms. The fraction of sp³-hybridized carbons (Fsp3) is 0.0556. The van der Waals surface area contributed by atoms with Crippen molar-refractivity contribution in [2.45, 2.75) is 10.1 Å². The molecule has 1 aliphatic heterocycles. The van der Waals surface area contributed by atoms with Gasteiger partial charge in [0.05, 0.1) is 5.69 Å². The molecule has 5 heteroatoms. The molecule has 0 radical (unpaired) electrons. The number of nitrogens with one attached hydrogen (secondary N) is 1. The Morgan fingerprint density at radius 2 is 1.83 bits per heavy atom. The van der Waals surface area contributed by atoms with Crippen molar-refractivity contribution in [3.63, 3.8) is 0 Å². The molecule has 2 nitrogen and oxygen atoms in total. The normalized spacial score (nSPS) is 17.0. The summed E-state index contributed by atoms with van der Waals surface area (Å²) in [5, 5.41) is 5.89. The van der Waals surface area contributed by atoms with Crippen LogP contribution in [0.4, 0.5) is 5.69 Å². The van der Waals surface area contributed by atoms with Gasteiger partial charge in [0.2, 0.25) is 5.91 Å². The van der Waals surface area contributed by atoms with Gasteiger partial charge < -0.3 is 5.32 Å². The Morgan fingerprint density at radius 1 is 1.00 bits per heavy atom. The van der Waals surface area contributed by atoms with Gasteiger partial charge >= 0.3 is 0 Å². The number of anilines is 1. The highest BCUT2D eigenvalue weighted by molar-refractivity contribution is 8.00. The Bertz CT molecular complexity index is 941. The molecule has 1 unspecified atom stereocenters.